The van der Waals surface area contributed by atoms with Gasteiger partial charge in [-0.2, -0.15) is 0 Å². The molecular formula is C11H16BN5O9P2S-. The van der Waals surface area contributed by atoms with Crippen molar-refractivity contribution in [3.05, 3.63) is 6.33 Å². The number of phosphoric acid groups is 1. The molecule has 0 spiro atoms. The minimum atomic E-state index is -5.17. The maximum absolute atomic E-state index is 11.8. The lowest BCUT2D eigenvalue weighted by molar-refractivity contribution is -0.0479. The van der Waals surface area contributed by atoms with Gasteiger partial charge >= 0.3 is 7.82 Å². The number of ether oxygens (including phenoxy) is 1. The minimum absolute atomic E-state index is 0.115. The molecule has 3 rings (SSSR count). The van der Waals surface area contributed by atoms with E-state index in [0.29, 0.717) is 5.16 Å². The summed E-state index contributed by atoms with van der Waals surface area (Å²) >= 11 is 1.23. The third kappa shape index (κ3) is 4.99. The number of nitrogens with zero attached hydrogens (tertiary/aromatic N) is 4. The van der Waals surface area contributed by atoms with Crippen molar-refractivity contribution in [2.75, 3.05) is 18.6 Å². The fraction of sp³-hybridized carbons (Fsp3) is 0.545. The molecule has 6 N–H and O–H groups in total. The highest BCUT2D eigenvalue weighted by Gasteiger charge is 2.44. The van der Waals surface area contributed by atoms with E-state index in [1.54, 1.807) is 6.26 Å². The van der Waals surface area contributed by atoms with E-state index in [1.165, 1.54) is 22.7 Å². The van der Waals surface area contributed by atoms with Crippen LogP contribution in [0.25, 0.3) is 11.2 Å². The number of fused-ring (bicyclic) bond motifs is 1. The predicted octanol–water partition coefficient (Wildman–Crippen LogP) is -0.848. The molecule has 159 valence electrons. The number of anilines is 1. The molecule has 1 aliphatic heterocycles. The first-order chi connectivity index (χ1) is 13.4. The summed E-state index contributed by atoms with van der Waals surface area (Å²) in [5, 5.41) is 20.9. The van der Waals surface area contributed by atoms with E-state index in [-0.39, 0.29) is 17.0 Å². The second-order valence-corrected chi connectivity index (χ2v) is 9.62. The van der Waals surface area contributed by atoms with E-state index in [1.807, 2.05) is 0 Å². The molecule has 5 atom stereocenters. The van der Waals surface area contributed by atoms with Gasteiger partial charge in [-0.25, -0.2) is 23.8 Å². The molecule has 0 saturated carbocycles. The van der Waals surface area contributed by atoms with Gasteiger partial charge in [-0.05, 0) is 6.26 Å². The van der Waals surface area contributed by atoms with Crippen molar-refractivity contribution in [2.24, 2.45) is 0 Å². The second kappa shape index (κ2) is 8.23. The molecule has 0 aromatic carbocycles. The van der Waals surface area contributed by atoms with E-state index in [2.05, 4.69) is 23.8 Å². The molecule has 0 aliphatic carbocycles. The van der Waals surface area contributed by atoms with Crippen LogP contribution in [-0.4, -0.2) is 78.3 Å². The van der Waals surface area contributed by atoms with E-state index < -0.39 is 46.4 Å². The van der Waals surface area contributed by atoms with Crippen LogP contribution in [0.2, 0.25) is 0 Å². The number of rotatable bonds is 7. The molecule has 2 aromatic rings. The summed E-state index contributed by atoms with van der Waals surface area (Å²) < 4.78 is 37.9. The van der Waals surface area contributed by atoms with Gasteiger partial charge in [0.1, 0.15) is 23.8 Å². The fourth-order valence-electron chi connectivity index (χ4n) is 2.64. The average Bonchev–Trinajstić information content (AvgIpc) is 3.13. The lowest BCUT2D eigenvalue weighted by Crippen LogP contribution is -2.33. The molecule has 29 heavy (non-hydrogen) atoms. The van der Waals surface area contributed by atoms with Crippen molar-refractivity contribution >= 4 is 51.6 Å². The number of imidazole rings is 1. The summed E-state index contributed by atoms with van der Waals surface area (Å²) in [6, 6.07) is 0. The highest BCUT2D eigenvalue weighted by Crippen LogP contribution is 2.57. The van der Waals surface area contributed by atoms with Crippen molar-refractivity contribution < 1.29 is 42.7 Å². The topological polar surface area (TPSA) is 212 Å². The van der Waals surface area contributed by atoms with Crippen molar-refractivity contribution in [3.8, 4) is 0 Å². The van der Waals surface area contributed by atoms with Crippen LogP contribution in [0.3, 0.4) is 0 Å². The van der Waals surface area contributed by atoms with Crippen LogP contribution < -0.4 is 5.73 Å². The van der Waals surface area contributed by atoms with Crippen LogP contribution >= 0.6 is 27.1 Å². The SMILES string of the molecule is [B-]P(=O)(OC[C@H]1O[C@@H](n2cnc3c(N)nc(SC)nc32)[C@H](O)[C@@H]1O)OP(=O)(O)O. The van der Waals surface area contributed by atoms with E-state index in [9.17, 15) is 19.3 Å². The third-order valence-corrected chi connectivity index (χ3v) is 6.68. The lowest BCUT2D eigenvalue weighted by Gasteiger charge is -2.28. The predicted molar refractivity (Wildman–Crippen MR) is 99.9 cm³/mol. The highest BCUT2D eigenvalue weighted by atomic mass is 32.2. The Labute approximate surface area is 168 Å². The molecule has 18 heteroatoms. The van der Waals surface area contributed by atoms with Crippen molar-refractivity contribution in [2.45, 2.75) is 29.7 Å². The Morgan fingerprint density at radius 1 is 1.34 bits per heavy atom. The minimum Gasteiger partial charge on any atom is -0.443 e. The number of nitrogens with two attached hydrogens (primary N) is 1. The number of aromatic nitrogens is 4. The number of hydrogen-bond acceptors (Lipinski definition) is 12. The molecular weight excluding hydrogens is 451 g/mol. The van der Waals surface area contributed by atoms with Gasteiger partial charge in [0.05, 0.1) is 20.4 Å². The summed E-state index contributed by atoms with van der Waals surface area (Å²) in [6.07, 6.45) is -2.41. The number of aliphatic hydroxyl groups is 2. The molecule has 2 aromatic heterocycles. The Hall–Kier alpha value is -1.06. The third-order valence-electron chi connectivity index (χ3n) is 3.86. The van der Waals surface area contributed by atoms with Crippen LogP contribution in [0.4, 0.5) is 5.82 Å². The Morgan fingerprint density at radius 3 is 2.66 bits per heavy atom. The van der Waals surface area contributed by atoms with Gasteiger partial charge in [-0.1, -0.05) is 11.8 Å². The molecule has 0 amide bonds. The van der Waals surface area contributed by atoms with Gasteiger partial charge in [0, 0.05) is 0 Å². The molecule has 3 radical (unpaired) electrons. The molecule has 1 aliphatic rings. The summed E-state index contributed by atoms with van der Waals surface area (Å²) in [4.78, 5) is 29.7. The number of thioether (sulfide) groups is 1. The Morgan fingerprint density at radius 2 is 2.03 bits per heavy atom. The summed E-state index contributed by atoms with van der Waals surface area (Å²) in [6.45, 7) is -0.692. The smallest absolute Gasteiger partial charge is 0.443 e. The van der Waals surface area contributed by atoms with Gasteiger partial charge in [0.15, 0.2) is 22.8 Å². The lowest BCUT2D eigenvalue weighted by atomic mass is 10.1. The Bertz CT molecular complexity index is 1000. The average molecular weight is 467 g/mol. The van der Waals surface area contributed by atoms with Gasteiger partial charge in [0.2, 0.25) is 0 Å². The highest BCUT2D eigenvalue weighted by molar-refractivity contribution is 7.98. The summed E-state index contributed by atoms with van der Waals surface area (Å²) in [5.41, 5.74) is 6.35. The zero-order valence-corrected chi connectivity index (χ0v) is 17.3. The Balaban J connectivity index is 1.80. The maximum Gasteiger partial charge on any atom is 0.474 e. The monoisotopic (exact) mass is 467 g/mol. The summed E-state index contributed by atoms with van der Waals surface area (Å²) in [7, 11) is -4.73. The van der Waals surface area contributed by atoms with Crippen molar-refractivity contribution in [1.82, 2.24) is 19.5 Å². The Kier molecular flexibility index (Phi) is 6.42. The van der Waals surface area contributed by atoms with Gasteiger partial charge < -0.3 is 47.1 Å². The first-order valence-corrected chi connectivity index (χ1v) is 12.1. The standard InChI is InChI=1S/C11H16BN5O9P2S/c1-29-11-15-8(13)5-9(16-11)17(3-14-5)10-7(19)6(18)4(25-10)2-24-27(12,20)26-28(21,22)23/h3-4,6-7,10,18-19H,2H2,1H3,(H2,13,15,16)(H2,21,22,23)/q-1/t4-,6-,7-,10-,27?/m1/s1. The zero-order valence-electron chi connectivity index (χ0n) is 14.7. The normalized spacial score (nSPS) is 27.4. The van der Waals surface area contributed by atoms with Gasteiger partial charge in [0.25, 0.3) is 0 Å². The molecule has 1 saturated heterocycles. The van der Waals surface area contributed by atoms with Crippen molar-refractivity contribution in [1.29, 1.82) is 0 Å². The molecule has 14 nitrogen and oxygen atoms in total. The first kappa shape index (κ1) is 22.6. The fourth-order valence-corrected chi connectivity index (χ4v) is 4.74. The number of aliphatic hydroxyl groups excluding tert-OH is 2. The van der Waals surface area contributed by atoms with Gasteiger partial charge in [-0.3, -0.25) is 4.57 Å². The number of hydrogen-bond donors (Lipinski definition) is 5. The number of nitrogen functional groups attached to an aromatic ring is 1. The van der Waals surface area contributed by atoms with Crippen molar-refractivity contribution in [3.63, 3.8) is 0 Å². The summed E-state index contributed by atoms with van der Waals surface area (Å²) in [5.74, 6) is 0.115. The van der Waals surface area contributed by atoms with Crippen LogP contribution in [-0.2, 0) is 22.7 Å². The van der Waals surface area contributed by atoms with Crippen LogP contribution in [0, 0.1) is 0 Å². The van der Waals surface area contributed by atoms with Crippen LogP contribution in [0.5, 0.6) is 0 Å². The van der Waals surface area contributed by atoms with E-state index in [4.69, 9.17) is 27.8 Å². The molecule has 1 fully saturated rings. The van der Waals surface area contributed by atoms with E-state index >= 15 is 0 Å². The van der Waals surface area contributed by atoms with Crippen LogP contribution in [0.1, 0.15) is 6.23 Å². The zero-order chi connectivity index (χ0) is 21.6. The first-order valence-electron chi connectivity index (χ1n) is 7.77. The maximum atomic E-state index is 11.8. The van der Waals surface area contributed by atoms with E-state index in [0.717, 1.165) is 0 Å². The van der Waals surface area contributed by atoms with Crippen LogP contribution in [0.15, 0.2) is 11.5 Å². The largest absolute Gasteiger partial charge is 0.474 e. The molecule has 0 bridgehead atoms. The molecule has 1 unspecified atom stereocenters. The second-order valence-electron chi connectivity index (χ2n) is 5.87. The quantitative estimate of drug-likeness (QED) is 0.145. The van der Waals surface area contributed by atoms with Gasteiger partial charge in [-0.15, -0.1) is 0 Å². The molecule has 3 heterocycles.